The first-order valence-electron chi connectivity index (χ1n) is 9.07. The number of rotatable bonds is 5. The Labute approximate surface area is 185 Å². The zero-order valence-corrected chi connectivity index (χ0v) is 18.9. The number of anilines is 1. The van der Waals surface area contributed by atoms with Crippen molar-refractivity contribution in [3.8, 4) is 5.75 Å². The highest BCUT2D eigenvalue weighted by Crippen LogP contribution is 2.52. The van der Waals surface area contributed by atoms with E-state index in [9.17, 15) is 8.42 Å². The van der Waals surface area contributed by atoms with Gasteiger partial charge in [0.2, 0.25) is 14.9 Å². The lowest BCUT2D eigenvalue weighted by Gasteiger charge is -2.40. The van der Waals surface area contributed by atoms with Crippen LogP contribution in [0, 0.1) is 0 Å². The summed E-state index contributed by atoms with van der Waals surface area (Å²) in [6.07, 6.45) is 1.71. The van der Waals surface area contributed by atoms with Crippen LogP contribution in [0.5, 0.6) is 5.75 Å². The first-order valence-corrected chi connectivity index (χ1v) is 11.3. The van der Waals surface area contributed by atoms with Crippen molar-refractivity contribution in [3.05, 3.63) is 69.8 Å². The number of fused-ring (bicyclic) bond motifs is 1. The molecular formula is C20H20Cl2N4O3S. The van der Waals surface area contributed by atoms with E-state index >= 15 is 0 Å². The lowest BCUT2D eigenvalue weighted by molar-refractivity contribution is 0.411. The van der Waals surface area contributed by atoms with E-state index < -0.39 is 14.9 Å². The van der Waals surface area contributed by atoms with Gasteiger partial charge in [0.1, 0.15) is 11.4 Å². The third-order valence-electron chi connectivity index (χ3n) is 5.17. The van der Waals surface area contributed by atoms with Crippen LogP contribution in [0.2, 0.25) is 10.0 Å². The molecule has 4 rings (SSSR count). The Morgan fingerprint density at radius 2 is 1.80 bits per heavy atom. The molecule has 30 heavy (non-hydrogen) atoms. The summed E-state index contributed by atoms with van der Waals surface area (Å²) in [5.41, 5.74) is 2.17. The molecule has 1 N–H and O–H groups in total. The van der Waals surface area contributed by atoms with Crippen LogP contribution < -0.4 is 15.1 Å². The first-order chi connectivity index (χ1) is 14.2. The smallest absolute Gasteiger partial charge is 0.248 e. The Balaban J connectivity index is 2.09. The molecule has 1 unspecified atom stereocenters. The summed E-state index contributed by atoms with van der Waals surface area (Å²) >= 11 is 12.3. The molecule has 2 heterocycles. The highest BCUT2D eigenvalue weighted by atomic mass is 35.5. The van der Waals surface area contributed by atoms with E-state index in [4.69, 9.17) is 33.0 Å². The van der Waals surface area contributed by atoms with Crippen molar-refractivity contribution in [2.24, 2.45) is 5.10 Å². The van der Waals surface area contributed by atoms with Crippen LogP contribution in [0.15, 0.2) is 59.3 Å². The van der Waals surface area contributed by atoms with Crippen molar-refractivity contribution in [1.29, 1.82) is 0 Å². The quantitative estimate of drug-likeness (QED) is 0.730. The van der Waals surface area contributed by atoms with Crippen LogP contribution in [-0.4, -0.2) is 46.2 Å². The van der Waals surface area contributed by atoms with Gasteiger partial charge in [-0.1, -0.05) is 35.3 Å². The molecule has 0 saturated heterocycles. The Bertz CT molecular complexity index is 1160. The second kappa shape index (κ2) is 7.46. The van der Waals surface area contributed by atoms with E-state index in [1.165, 1.54) is 30.5 Å². The molecule has 2 aliphatic heterocycles. The number of methoxy groups -OCH3 is 1. The summed E-state index contributed by atoms with van der Waals surface area (Å²) in [4.78, 5) is -1.65. The van der Waals surface area contributed by atoms with Crippen molar-refractivity contribution in [1.82, 2.24) is 9.62 Å². The lowest BCUT2D eigenvalue weighted by Crippen LogP contribution is -2.53. The van der Waals surface area contributed by atoms with Gasteiger partial charge in [0, 0.05) is 47.5 Å². The number of nitrogens with zero attached hydrogens (tertiary/aromatic N) is 3. The van der Waals surface area contributed by atoms with Crippen molar-refractivity contribution >= 4 is 44.6 Å². The fourth-order valence-electron chi connectivity index (χ4n) is 3.78. The van der Waals surface area contributed by atoms with Crippen LogP contribution in [-0.2, 0) is 14.9 Å². The molecule has 0 radical (unpaired) electrons. The van der Waals surface area contributed by atoms with E-state index in [1.54, 1.807) is 48.7 Å². The summed E-state index contributed by atoms with van der Waals surface area (Å²) in [5, 5.41) is 10.3. The highest BCUT2D eigenvalue weighted by molar-refractivity contribution is 7.90. The molecule has 0 saturated carbocycles. The molecule has 1 atom stereocenters. The molecule has 0 aliphatic carbocycles. The summed E-state index contributed by atoms with van der Waals surface area (Å²) < 4.78 is 34.7. The van der Waals surface area contributed by atoms with Crippen LogP contribution in [0.3, 0.4) is 0 Å². The number of benzene rings is 2. The molecule has 2 aromatic rings. The fraction of sp³-hybridized carbons (Fsp3) is 0.250. The minimum absolute atomic E-state index is 0.410. The van der Waals surface area contributed by atoms with E-state index in [2.05, 4.69) is 5.32 Å². The monoisotopic (exact) mass is 466 g/mol. The summed E-state index contributed by atoms with van der Waals surface area (Å²) in [7, 11) is 0.529. The molecule has 7 nitrogen and oxygen atoms in total. The topological polar surface area (TPSA) is 74.2 Å². The van der Waals surface area contributed by atoms with Gasteiger partial charge < -0.3 is 10.1 Å². The van der Waals surface area contributed by atoms with Gasteiger partial charge in [-0.15, -0.1) is 0 Å². The maximum absolute atomic E-state index is 14.0. The van der Waals surface area contributed by atoms with E-state index in [1.807, 2.05) is 0 Å². The van der Waals surface area contributed by atoms with Crippen LogP contribution in [0.25, 0.3) is 0 Å². The van der Waals surface area contributed by atoms with Gasteiger partial charge in [0.25, 0.3) is 0 Å². The predicted molar refractivity (Wildman–Crippen MR) is 120 cm³/mol. The highest BCUT2D eigenvalue weighted by Gasteiger charge is 2.61. The minimum atomic E-state index is -3.99. The number of sulfonamides is 1. The molecule has 158 valence electrons. The number of nitrogens with one attached hydrogen (secondary N) is 1. The molecule has 2 aromatic carbocycles. The van der Waals surface area contributed by atoms with Gasteiger partial charge in [0.05, 0.1) is 19.4 Å². The van der Waals surface area contributed by atoms with Crippen LogP contribution in [0.1, 0.15) is 5.56 Å². The number of hydrogen-bond donors (Lipinski definition) is 1. The molecule has 0 amide bonds. The Hall–Kier alpha value is -2.26. The average Bonchev–Trinajstić information content (AvgIpc) is 3.29. The summed E-state index contributed by atoms with van der Waals surface area (Å²) in [6.45, 7) is 0.417. The van der Waals surface area contributed by atoms with Crippen molar-refractivity contribution in [2.45, 2.75) is 4.87 Å². The van der Waals surface area contributed by atoms with Crippen molar-refractivity contribution < 1.29 is 13.2 Å². The lowest BCUT2D eigenvalue weighted by atomic mass is 9.96. The van der Waals surface area contributed by atoms with E-state index in [0.717, 1.165) is 0 Å². The Kier molecular flexibility index (Phi) is 5.22. The third kappa shape index (κ3) is 2.90. The van der Waals surface area contributed by atoms with Crippen LogP contribution in [0.4, 0.5) is 5.69 Å². The standard InChI is InChI=1S/C20H20Cl2N4O3S/c1-25(2)30(27,28)20(13-4-6-14(21)7-5-13)16-11-23-12-17(16)24-26(20)18-9-8-15(22)10-19(18)29-3/h4-11,23H,12H2,1-3H3. The predicted octanol–water partition coefficient (Wildman–Crippen LogP) is 3.41. The molecule has 10 heteroatoms. The Morgan fingerprint density at radius 1 is 1.13 bits per heavy atom. The normalized spacial score (nSPS) is 20.7. The summed E-state index contributed by atoms with van der Waals surface area (Å²) in [6, 6.07) is 11.8. The number of halogens is 2. The van der Waals surface area contributed by atoms with Gasteiger partial charge in [-0.25, -0.2) is 17.7 Å². The van der Waals surface area contributed by atoms with Crippen molar-refractivity contribution in [3.63, 3.8) is 0 Å². The van der Waals surface area contributed by atoms with Gasteiger partial charge in [-0.2, -0.15) is 5.10 Å². The molecule has 2 aliphatic rings. The van der Waals surface area contributed by atoms with Gasteiger partial charge in [0.15, 0.2) is 0 Å². The molecule has 0 aromatic heterocycles. The second-order valence-electron chi connectivity index (χ2n) is 7.05. The number of ether oxygens (including phenoxy) is 1. The fourth-order valence-corrected chi connectivity index (χ4v) is 5.84. The Morgan fingerprint density at radius 3 is 2.43 bits per heavy atom. The molecule has 0 fully saturated rings. The third-order valence-corrected chi connectivity index (χ3v) is 7.99. The van der Waals surface area contributed by atoms with E-state index in [-0.39, 0.29) is 0 Å². The maximum atomic E-state index is 14.0. The molecule has 0 spiro atoms. The zero-order chi connectivity index (χ0) is 21.7. The van der Waals surface area contributed by atoms with Crippen molar-refractivity contribution in [2.75, 3.05) is 32.8 Å². The summed E-state index contributed by atoms with van der Waals surface area (Å²) in [5.74, 6) is 0.410. The average molecular weight is 467 g/mol. The van der Waals surface area contributed by atoms with E-state index in [0.29, 0.717) is 44.9 Å². The van der Waals surface area contributed by atoms with Gasteiger partial charge >= 0.3 is 0 Å². The largest absolute Gasteiger partial charge is 0.494 e. The minimum Gasteiger partial charge on any atom is -0.494 e. The molecular weight excluding hydrogens is 447 g/mol. The zero-order valence-electron chi connectivity index (χ0n) is 16.6. The van der Waals surface area contributed by atoms with Crippen LogP contribution >= 0.6 is 23.2 Å². The first kappa shape index (κ1) is 21.0. The van der Waals surface area contributed by atoms with Gasteiger partial charge in [-0.05, 0) is 24.3 Å². The molecule has 0 bridgehead atoms. The number of hydrogen-bond acceptors (Lipinski definition) is 6. The van der Waals surface area contributed by atoms with Gasteiger partial charge in [-0.3, -0.25) is 0 Å². The SMILES string of the molecule is COc1cc(Cl)ccc1N1N=C2CNC=C2C1(c1ccc(Cl)cc1)S(=O)(=O)N(C)C. The maximum Gasteiger partial charge on any atom is 0.248 e. The second-order valence-corrected chi connectivity index (χ2v) is 10.2. The number of hydrazone groups is 1.